The summed E-state index contributed by atoms with van der Waals surface area (Å²) in [5.41, 5.74) is 1.96. The molecule has 2 amide bonds. The first-order valence-electron chi connectivity index (χ1n) is 22.2. The van der Waals surface area contributed by atoms with E-state index in [-0.39, 0.29) is 16.9 Å². The summed E-state index contributed by atoms with van der Waals surface area (Å²) in [5, 5.41) is 6.27. The number of hydrogen-bond donors (Lipinski definition) is 2. The van der Waals surface area contributed by atoms with Crippen molar-refractivity contribution < 1.29 is 19.1 Å². The Bertz CT molecular complexity index is 1330. The van der Waals surface area contributed by atoms with Gasteiger partial charge < -0.3 is 20.1 Å². The Balaban J connectivity index is 1.41. The van der Waals surface area contributed by atoms with Gasteiger partial charge in [-0.1, -0.05) is 187 Å². The minimum absolute atomic E-state index is 0.00834. The van der Waals surface area contributed by atoms with Crippen molar-refractivity contribution in [2.75, 3.05) is 6.54 Å². The van der Waals surface area contributed by atoms with Crippen molar-refractivity contribution in [1.82, 2.24) is 10.6 Å². The van der Waals surface area contributed by atoms with E-state index in [0.29, 0.717) is 18.0 Å². The lowest BCUT2D eigenvalue weighted by molar-refractivity contribution is 0.0701. The van der Waals surface area contributed by atoms with Crippen LogP contribution in [0.1, 0.15) is 193 Å². The lowest BCUT2D eigenvalue weighted by Crippen LogP contribution is -2.51. The van der Waals surface area contributed by atoms with Gasteiger partial charge in [0.1, 0.15) is 11.5 Å². The standard InChI is InChI=1S/C48H78N2O4/c1-6-8-10-12-14-16-18-20-22-24-30-40-32-26-28-34-43(40)53-45(51)49-39-48(5)37-42(36-47(3,4)38-48)50-46(52)54-44-35-29-27-33-41(44)31-25-23-21-19-17-15-13-11-9-7-2/h26-29,32-35,42H,6-25,30-31,36-39H2,1-5H3,(H,49,51)(H,50,52). The number of unbranched alkanes of at least 4 members (excludes halogenated alkanes) is 18. The van der Waals surface area contributed by atoms with Gasteiger partial charge in [0.25, 0.3) is 0 Å². The van der Waals surface area contributed by atoms with E-state index < -0.39 is 12.2 Å². The van der Waals surface area contributed by atoms with Gasteiger partial charge in [-0.15, -0.1) is 0 Å². The SMILES string of the molecule is CCCCCCCCCCCCc1ccccc1OC(=O)NCC1(C)CC(NC(=O)Oc2ccccc2CCCCCCCCCCCC)CC(C)(C)C1. The van der Waals surface area contributed by atoms with Crippen LogP contribution in [0.15, 0.2) is 48.5 Å². The molecule has 54 heavy (non-hydrogen) atoms. The van der Waals surface area contributed by atoms with Crippen LogP contribution in [0.2, 0.25) is 0 Å². The van der Waals surface area contributed by atoms with Crippen molar-refractivity contribution in [3.05, 3.63) is 59.7 Å². The first kappa shape index (κ1) is 45.4. The van der Waals surface area contributed by atoms with Gasteiger partial charge in [0.05, 0.1) is 0 Å². The van der Waals surface area contributed by atoms with Gasteiger partial charge in [-0.25, -0.2) is 9.59 Å². The molecule has 0 radical (unpaired) electrons. The molecule has 2 aromatic rings. The van der Waals surface area contributed by atoms with Gasteiger partial charge in [-0.3, -0.25) is 0 Å². The number of aryl methyl sites for hydroxylation is 2. The summed E-state index contributed by atoms with van der Waals surface area (Å²) < 4.78 is 11.8. The molecule has 3 rings (SSSR count). The smallest absolute Gasteiger partial charge is 0.410 e. The predicted molar refractivity (Wildman–Crippen MR) is 227 cm³/mol. The second-order valence-corrected chi connectivity index (χ2v) is 17.6. The fourth-order valence-corrected chi connectivity index (χ4v) is 8.81. The van der Waals surface area contributed by atoms with E-state index in [1.807, 2.05) is 36.4 Å². The molecular weight excluding hydrogens is 669 g/mol. The number of nitrogens with one attached hydrogen (secondary N) is 2. The van der Waals surface area contributed by atoms with Gasteiger partial charge in [-0.2, -0.15) is 0 Å². The van der Waals surface area contributed by atoms with Crippen molar-refractivity contribution in [3.63, 3.8) is 0 Å². The Morgan fingerprint density at radius 3 is 1.44 bits per heavy atom. The molecule has 0 spiro atoms. The molecule has 0 saturated heterocycles. The summed E-state index contributed by atoms with van der Waals surface area (Å²) in [4.78, 5) is 26.4. The van der Waals surface area contributed by atoms with Crippen molar-refractivity contribution in [3.8, 4) is 11.5 Å². The summed E-state index contributed by atoms with van der Waals surface area (Å²) in [5.74, 6) is 1.30. The van der Waals surface area contributed by atoms with E-state index >= 15 is 0 Å². The quantitative estimate of drug-likeness (QED) is 0.0893. The number of rotatable bonds is 27. The van der Waals surface area contributed by atoms with Crippen LogP contribution >= 0.6 is 0 Å². The number of amides is 2. The minimum Gasteiger partial charge on any atom is -0.410 e. The Morgan fingerprint density at radius 1 is 0.574 bits per heavy atom. The number of hydrogen-bond acceptors (Lipinski definition) is 4. The molecule has 6 heteroatoms. The Kier molecular flexibility index (Phi) is 21.8. The molecular formula is C48H78N2O4. The molecule has 2 atom stereocenters. The zero-order chi connectivity index (χ0) is 38.9. The topological polar surface area (TPSA) is 76.7 Å². The number of carbonyl (C=O) groups is 2. The van der Waals surface area contributed by atoms with Crippen LogP contribution < -0.4 is 20.1 Å². The average Bonchev–Trinajstić information content (AvgIpc) is 3.13. The molecule has 6 nitrogen and oxygen atoms in total. The first-order valence-corrected chi connectivity index (χ1v) is 22.2. The summed E-state index contributed by atoms with van der Waals surface area (Å²) in [6, 6.07) is 15.8. The fraction of sp³-hybridized carbons (Fsp3) is 0.708. The van der Waals surface area contributed by atoms with Crippen molar-refractivity contribution in [2.24, 2.45) is 10.8 Å². The van der Waals surface area contributed by atoms with Crippen molar-refractivity contribution >= 4 is 12.2 Å². The van der Waals surface area contributed by atoms with Gasteiger partial charge >= 0.3 is 12.2 Å². The largest absolute Gasteiger partial charge is 0.412 e. The second-order valence-electron chi connectivity index (χ2n) is 17.6. The van der Waals surface area contributed by atoms with Gasteiger partial charge in [0.15, 0.2) is 0 Å². The molecule has 0 bridgehead atoms. The number of para-hydroxylation sites is 2. The second kappa shape index (κ2) is 25.9. The highest BCUT2D eigenvalue weighted by Gasteiger charge is 2.42. The summed E-state index contributed by atoms with van der Waals surface area (Å²) in [7, 11) is 0. The molecule has 2 unspecified atom stereocenters. The Labute approximate surface area is 330 Å². The molecule has 0 aliphatic heterocycles. The summed E-state index contributed by atoms with van der Waals surface area (Å²) in [6.45, 7) is 11.7. The highest BCUT2D eigenvalue weighted by Crippen LogP contribution is 2.46. The fourth-order valence-electron chi connectivity index (χ4n) is 8.81. The maximum Gasteiger partial charge on any atom is 0.412 e. The molecule has 1 fully saturated rings. The molecule has 1 aliphatic rings. The normalized spacial score (nSPS) is 17.9. The van der Waals surface area contributed by atoms with E-state index in [2.05, 4.69) is 57.4 Å². The van der Waals surface area contributed by atoms with E-state index in [4.69, 9.17) is 9.47 Å². The number of carbonyl (C=O) groups excluding carboxylic acids is 2. The maximum atomic E-state index is 13.3. The molecule has 0 aromatic heterocycles. The molecule has 0 heterocycles. The third-order valence-corrected chi connectivity index (χ3v) is 11.4. The molecule has 2 N–H and O–H groups in total. The number of benzene rings is 2. The Morgan fingerprint density at radius 2 is 0.981 bits per heavy atom. The van der Waals surface area contributed by atoms with Crippen LogP contribution in [0.5, 0.6) is 11.5 Å². The zero-order valence-electron chi connectivity index (χ0n) is 35.2. The summed E-state index contributed by atoms with van der Waals surface area (Å²) >= 11 is 0. The highest BCUT2D eigenvalue weighted by atomic mass is 16.6. The van der Waals surface area contributed by atoms with E-state index in [9.17, 15) is 9.59 Å². The van der Waals surface area contributed by atoms with Crippen LogP contribution in [-0.4, -0.2) is 24.8 Å². The van der Waals surface area contributed by atoms with Crippen LogP contribution in [0.25, 0.3) is 0 Å². The average molecular weight is 747 g/mol. The van der Waals surface area contributed by atoms with Gasteiger partial charge in [0, 0.05) is 12.6 Å². The molecule has 1 saturated carbocycles. The van der Waals surface area contributed by atoms with E-state index in [1.165, 1.54) is 116 Å². The maximum absolute atomic E-state index is 13.3. The highest BCUT2D eigenvalue weighted by molar-refractivity contribution is 5.71. The monoisotopic (exact) mass is 747 g/mol. The predicted octanol–water partition coefficient (Wildman–Crippen LogP) is 14.1. The van der Waals surface area contributed by atoms with Crippen LogP contribution in [-0.2, 0) is 12.8 Å². The molecule has 1 aliphatic carbocycles. The third kappa shape index (κ3) is 19.0. The van der Waals surface area contributed by atoms with Crippen LogP contribution in [0.3, 0.4) is 0 Å². The van der Waals surface area contributed by atoms with E-state index in [0.717, 1.165) is 56.1 Å². The first-order chi connectivity index (χ1) is 26.1. The zero-order valence-corrected chi connectivity index (χ0v) is 35.2. The summed E-state index contributed by atoms with van der Waals surface area (Å²) in [6.07, 6.45) is 29.6. The van der Waals surface area contributed by atoms with Crippen LogP contribution in [0, 0.1) is 10.8 Å². The third-order valence-electron chi connectivity index (χ3n) is 11.4. The van der Waals surface area contributed by atoms with Crippen molar-refractivity contribution in [1.29, 1.82) is 0 Å². The molecule has 2 aromatic carbocycles. The lowest BCUT2D eigenvalue weighted by atomic mass is 9.62. The van der Waals surface area contributed by atoms with E-state index in [1.54, 1.807) is 0 Å². The Hall–Kier alpha value is -3.02. The van der Waals surface area contributed by atoms with Gasteiger partial charge in [0.2, 0.25) is 0 Å². The van der Waals surface area contributed by atoms with Gasteiger partial charge in [-0.05, 0) is 79.0 Å². The minimum atomic E-state index is -0.418. The van der Waals surface area contributed by atoms with Crippen LogP contribution in [0.4, 0.5) is 9.59 Å². The number of ether oxygens (including phenoxy) is 2. The molecule has 304 valence electrons. The van der Waals surface area contributed by atoms with Crippen molar-refractivity contribution in [2.45, 2.75) is 201 Å². The lowest BCUT2D eigenvalue weighted by Gasteiger charge is -2.46.